The summed E-state index contributed by atoms with van der Waals surface area (Å²) >= 11 is 13.6. The molecule has 0 saturated carbocycles. The number of hydrogen-bond donors (Lipinski definition) is 0. The predicted molar refractivity (Wildman–Crippen MR) is 120 cm³/mol. The molecule has 1 saturated heterocycles. The van der Waals surface area contributed by atoms with Gasteiger partial charge in [0.15, 0.2) is 0 Å². The number of aryl methyl sites for hydroxylation is 1. The Morgan fingerprint density at radius 1 is 1.17 bits per heavy atom. The molecule has 0 N–H and O–H groups in total. The maximum absolute atomic E-state index is 13.0. The van der Waals surface area contributed by atoms with Crippen molar-refractivity contribution >= 4 is 52.1 Å². The second-order valence-corrected chi connectivity index (χ2v) is 9.04. The number of carbonyl (C=O) groups excluding carboxylic acids is 2. The largest absolute Gasteiger partial charge is 0.460 e. The van der Waals surface area contributed by atoms with Crippen LogP contribution in [0.1, 0.15) is 28.5 Å². The third-order valence-corrected chi connectivity index (χ3v) is 6.69. The molecule has 1 aromatic heterocycles. The van der Waals surface area contributed by atoms with Gasteiger partial charge in [-0.15, -0.1) is 11.3 Å². The highest BCUT2D eigenvalue weighted by Gasteiger charge is 2.46. The van der Waals surface area contributed by atoms with Crippen LogP contribution in [-0.4, -0.2) is 11.9 Å². The molecule has 2 unspecified atom stereocenters. The van der Waals surface area contributed by atoms with E-state index in [2.05, 4.69) is 0 Å². The van der Waals surface area contributed by atoms with E-state index < -0.39 is 17.9 Å². The molecule has 0 aliphatic carbocycles. The number of nitrogens with zero attached hydrogens (tertiary/aromatic N) is 1. The highest BCUT2D eigenvalue weighted by atomic mass is 35.5. The molecule has 1 aliphatic rings. The van der Waals surface area contributed by atoms with Gasteiger partial charge in [0, 0.05) is 32.6 Å². The average molecular weight is 460 g/mol. The Morgan fingerprint density at radius 3 is 2.60 bits per heavy atom. The highest BCUT2D eigenvalue weighted by Crippen LogP contribution is 2.43. The molecule has 2 atom stereocenters. The lowest BCUT2D eigenvalue weighted by atomic mass is 9.98. The van der Waals surface area contributed by atoms with Crippen molar-refractivity contribution in [3.05, 3.63) is 86.0 Å². The van der Waals surface area contributed by atoms with Crippen LogP contribution in [0.25, 0.3) is 0 Å². The Morgan fingerprint density at radius 2 is 1.93 bits per heavy atom. The molecule has 0 radical (unpaired) electrons. The zero-order valence-corrected chi connectivity index (χ0v) is 18.5. The average Bonchev–Trinajstić information content (AvgIpc) is 3.35. The number of esters is 1. The van der Waals surface area contributed by atoms with E-state index in [9.17, 15) is 9.59 Å². The Labute approximate surface area is 189 Å². The van der Waals surface area contributed by atoms with Gasteiger partial charge in [-0.3, -0.25) is 9.59 Å². The van der Waals surface area contributed by atoms with E-state index in [1.165, 1.54) is 11.3 Å². The molecular formula is C23H19Cl2NO3S. The molecule has 0 spiro atoms. The van der Waals surface area contributed by atoms with Crippen molar-refractivity contribution in [1.29, 1.82) is 0 Å². The van der Waals surface area contributed by atoms with Crippen LogP contribution in [0.2, 0.25) is 10.0 Å². The summed E-state index contributed by atoms with van der Waals surface area (Å²) < 4.78 is 5.57. The topological polar surface area (TPSA) is 46.6 Å². The number of benzene rings is 2. The Balaban J connectivity index is 1.59. The van der Waals surface area contributed by atoms with E-state index in [0.717, 1.165) is 16.1 Å². The van der Waals surface area contributed by atoms with Gasteiger partial charge in [-0.05, 0) is 42.6 Å². The Kier molecular flexibility index (Phi) is 6.14. The smallest absolute Gasteiger partial charge is 0.312 e. The maximum Gasteiger partial charge on any atom is 0.312 e. The number of rotatable bonds is 5. The van der Waals surface area contributed by atoms with E-state index in [1.807, 2.05) is 48.7 Å². The van der Waals surface area contributed by atoms with Gasteiger partial charge in [0.1, 0.15) is 6.61 Å². The minimum atomic E-state index is -0.594. The summed E-state index contributed by atoms with van der Waals surface area (Å²) in [5, 5.41) is 2.90. The van der Waals surface area contributed by atoms with Crippen molar-refractivity contribution in [3.8, 4) is 0 Å². The van der Waals surface area contributed by atoms with E-state index in [4.69, 9.17) is 27.9 Å². The molecule has 3 aromatic rings. The lowest BCUT2D eigenvalue weighted by molar-refractivity contribution is -0.150. The van der Waals surface area contributed by atoms with Crippen LogP contribution in [0.4, 0.5) is 5.69 Å². The second kappa shape index (κ2) is 8.80. The fourth-order valence-corrected chi connectivity index (χ4v) is 4.98. The monoisotopic (exact) mass is 459 g/mol. The van der Waals surface area contributed by atoms with Crippen LogP contribution in [-0.2, 0) is 20.9 Å². The third-order valence-electron chi connectivity index (χ3n) is 5.16. The number of carbonyl (C=O) groups is 2. The normalized spacial score (nSPS) is 18.6. The van der Waals surface area contributed by atoms with Crippen molar-refractivity contribution in [2.24, 2.45) is 5.92 Å². The third kappa shape index (κ3) is 4.24. The van der Waals surface area contributed by atoms with Gasteiger partial charge in [0.05, 0.1) is 12.0 Å². The number of thiophene rings is 1. The van der Waals surface area contributed by atoms with Crippen molar-refractivity contribution in [1.82, 2.24) is 0 Å². The zero-order valence-electron chi connectivity index (χ0n) is 16.2. The summed E-state index contributed by atoms with van der Waals surface area (Å²) in [6.07, 6.45) is 0.101. The SMILES string of the molecule is Cc1ccc(N2C(=O)CC(C(=O)OCc3ccc(Cl)cc3Cl)C2c2cccs2)cc1. The minimum Gasteiger partial charge on any atom is -0.460 e. The standard InChI is InChI=1S/C23H19Cl2NO3S/c1-14-4-8-17(9-5-14)26-21(27)12-18(22(26)20-3-2-10-30-20)23(28)29-13-15-6-7-16(24)11-19(15)25/h2-11,18,22H,12-13H2,1H3. The van der Waals surface area contributed by atoms with E-state index in [1.54, 1.807) is 23.1 Å². The van der Waals surface area contributed by atoms with Gasteiger partial charge in [0.2, 0.25) is 5.91 Å². The van der Waals surface area contributed by atoms with Crippen LogP contribution >= 0.6 is 34.5 Å². The number of amides is 1. The summed E-state index contributed by atoms with van der Waals surface area (Å²) in [5.74, 6) is -1.10. The van der Waals surface area contributed by atoms with Crippen LogP contribution in [0.3, 0.4) is 0 Å². The molecule has 1 amide bonds. The minimum absolute atomic E-state index is 0.0290. The zero-order chi connectivity index (χ0) is 21.3. The second-order valence-electron chi connectivity index (χ2n) is 7.21. The quantitative estimate of drug-likeness (QED) is 0.426. The van der Waals surface area contributed by atoms with Crippen LogP contribution < -0.4 is 4.90 Å². The van der Waals surface area contributed by atoms with Crippen molar-refractivity contribution in [2.45, 2.75) is 26.0 Å². The van der Waals surface area contributed by atoms with Gasteiger partial charge in [-0.25, -0.2) is 0 Å². The summed E-state index contributed by atoms with van der Waals surface area (Å²) in [6.45, 7) is 2.02. The summed E-state index contributed by atoms with van der Waals surface area (Å²) in [4.78, 5) is 28.6. The summed E-state index contributed by atoms with van der Waals surface area (Å²) in [5.41, 5.74) is 2.55. The molecule has 4 rings (SSSR count). The molecule has 154 valence electrons. The van der Waals surface area contributed by atoms with E-state index in [0.29, 0.717) is 15.6 Å². The van der Waals surface area contributed by atoms with Crippen LogP contribution in [0, 0.1) is 12.8 Å². The molecule has 1 aliphatic heterocycles. The maximum atomic E-state index is 13.0. The van der Waals surface area contributed by atoms with Gasteiger partial charge < -0.3 is 9.64 Å². The Hall–Kier alpha value is -2.34. The molecule has 30 heavy (non-hydrogen) atoms. The van der Waals surface area contributed by atoms with Crippen molar-refractivity contribution in [2.75, 3.05) is 4.90 Å². The molecule has 1 fully saturated rings. The Bertz CT molecular complexity index is 1070. The van der Waals surface area contributed by atoms with E-state index in [-0.39, 0.29) is 18.9 Å². The first-order chi connectivity index (χ1) is 14.4. The van der Waals surface area contributed by atoms with Gasteiger partial charge >= 0.3 is 5.97 Å². The summed E-state index contributed by atoms with van der Waals surface area (Å²) in [6, 6.07) is 16.3. The van der Waals surface area contributed by atoms with Crippen LogP contribution in [0.15, 0.2) is 60.0 Å². The fourth-order valence-electron chi connectivity index (χ4n) is 3.64. The van der Waals surface area contributed by atoms with Gasteiger partial charge in [-0.2, -0.15) is 0 Å². The molecule has 2 heterocycles. The van der Waals surface area contributed by atoms with E-state index >= 15 is 0 Å². The predicted octanol–water partition coefficient (Wildman–Crippen LogP) is 6.20. The number of hydrogen-bond acceptors (Lipinski definition) is 4. The lowest BCUT2D eigenvalue weighted by Gasteiger charge is -2.27. The first-order valence-electron chi connectivity index (χ1n) is 9.47. The molecular weight excluding hydrogens is 441 g/mol. The molecule has 7 heteroatoms. The van der Waals surface area contributed by atoms with Gasteiger partial charge in [0.25, 0.3) is 0 Å². The molecule has 4 nitrogen and oxygen atoms in total. The molecule has 0 bridgehead atoms. The molecule has 2 aromatic carbocycles. The van der Waals surface area contributed by atoms with Gasteiger partial charge in [-0.1, -0.05) is 53.0 Å². The van der Waals surface area contributed by atoms with Crippen molar-refractivity contribution < 1.29 is 14.3 Å². The first-order valence-corrected chi connectivity index (χ1v) is 11.1. The summed E-state index contributed by atoms with van der Waals surface area (Å²) in [7, 11) is 0. The first kappa shape index (κ1) is 20.9. The van der Waals surface area contributed by atoms with Crippen molar-refractivity contribution in [3.63, 3.8) is 0 Å². The lowest BCUT2D eigenvalue weighted by Crippen LogP contribution is -2.30. The number of anilines is 1. The fraction of sp³-hybridized carbons (Fsp3) is 0.217. The number of ether oxygens (including phenoxy) is 1. The highest BCUT2D eigenvalue weighted by molar-refractivity contribution is 7.10. The van der Waals surface area contributed by atoms with Crippen LogP contribution in [0.5, 0.6) is 0 Å². The number of halogens is 2.